The Balaban J connectivity index is -0.000000116. The van der Waals surface area contributed by atoms with Gasteiger partial charge in [-0.3, -0.25) is 9.11 Å². The van der Waals surface area contributed by atoms with Crippen LogP contribution < -0.4 is 69.3 Å². The van der Waals surface area contributed by atoms with E-state index in [1.807, 2.05) is 0 Å². The summed E-state index contributed by atoms with van der Waals surface area (Å²) in [6, 6.07) is 0. The van der Waals surface area contributed by atoms with E-state index in [4.69, 9.17) is 9.11 Å². The summed E-state index contributed by atoms with van der Waals surface area (Å²) in [4.78, 5) is 19.4. The molecule has 108 valence electrons. The van der Waals surface area contributed by atoms with Gasteiger partial charge in [0.2, 0.25) is 0 Å². The largest absolute Gasteiger partial charge is 1.00 e. The zero-order valence-electron chi connectivity index (χ0n) is 11.1. The number of hydrogen-bond acceptors (Lipinski definition) is 8. The van der Waals surface area contributed by atoms with Gasteiger partial charge < -0.3 is 19.8 Å². The monoisotopic (exact) mass is 352 g/mol. The third kappa shape index (κ3) is 13.7. The Morgan fingerprint density at radius 3 is 0.950 bits per heavy atom. The van der Waals surface area contributed by atoms with Crippen molar-refractivity contribution >= 4 is 32.2 Å². The molecule has 0 aromatic heterocycles. The zero-order chi connectivity index (χ0) is 15.3. The van der Waals surface area contributed by atoms with Crippen LogP contribution in [0.15, 0.2) is 0 Å². The van der Waals surface area contributed by atoms with Crippen molar-refractivity contribution in [3.05, 3.63) is 0 Å². The van der Waals surface area contributed by atoms with Crippen molar-refractivity contribution in [1.29, 1.82) is 0 Å². The van der Waals surface area contributed by atoms with Crippen LogP contribution in [0.1, 0.15) is 13.8 Å². The van der Waals surface area contributed by atoms with Crippen molar-refractivity contribution < 1.29 is 105 Å². The fourth-order valence-corrected chi connectivity index (χ4v) is 0.730. The predicted octanol–water partition coefficient (Wildman–Crippen LogP) is -9.97. The number of carboxylic acid groups (broad SMARTS) is 2. The van der Waals surface area contributed by atoms with Gasteiger partial charge in [0.15, 0.2) is 0 Å². The number of hydrogen-bond donors (Lipinski definition) is 2. The van der Waals surface area contributed by atoms with E-state index in [9.17, 15) is 36.6 Å². The maximum absolute atomic E-state index is 9.91. The second-order valence-corrected chi connectivity index (χ2v) is 6.43. The molecule has 14 heteroatoms. The predicted molar refractivity (Wildman–Crippen MR) is 52.0 cm³/mol. The van der Waals surface area contributed by atoms with Gasteiger partial charge in [0.05, 0.1) is 11.9 Å². The van der Waals surface area contributed by atoms with E-state index in [1.54, 1.807) is 0 Å². The molecule has 2 atom stereocenters. The van der Waals surface area contributed by atoms with E-state index in [2.05, 4.69) is 0 Å². The summed E-state index contributed by atoms with van der Waals surface area (Å²) in [5, 5.41) is 15.7. The van der Waals surface area contributed by atoms with E-state index in [-0.39, 0.29) is 59.1 Å². The number of aliphatic carboxylic acids is 2. The van der Waals surface area contributed by atoms with Gasteiger partial charge in [-0.15, -0.1) is 0 Å². The second kappa shape index (κ2) is 11.3. The van der Waals surface area contributed by atoms with Gasteiger partial charge in [0.25, 0.3) is 20.2 Å². The van der Waals surface area contributed by atoms with Crippen molar-refractivity contribution in [3.63, 3.8) is 0 Å². The Morgan fingerprint density at radius 2 is 0.950 bits per heavy atom. The van der Waals surface area contributed by atoms with Crippen LogP contribution in [0.25, 0.3) is 0 Å². The summed E-state index contributed by atoms with van der Waals surface area (Å²) in [5.74, 6) is -3.62. The minimum Gasteiger partial charge on any atom is -0.549 e. The molecule has 0 rings (SSSR count). The van der Waals surface area contributed by atoms with Crippen LogP contribution in [-0.2, 0) is 29.8 Å². The molecule has 0 bridgehead atoms. The summed E-state index contributed by atoms with van der Waals surface area (Å²) < 4.78 is 55.6. The first-order valence-electron chi connectivity index (χ1n) is 4.05. The first kappa shape index (κ1) is 28.9. The minimum absolute atomic E-state index is 0. The van der Waals surface area contributed by atoms with Crippen LogP contribution in [0.5, 0.6) is 0 Å². The van der Waals surface area contributed by atoms with E-state index in [1.165, 1.54) is 0 Å². The van der Waals surface area contributed by atoms with E-state index >= 15 is 0 Å². The molecular formula is C6H10Na2O10S2. The summed E-state index contributed by atoms with van der Waals surface area (Å²) >= 11 is 0. The molecule has 2 N–H and O–H groups in total. The van der Waals surface area contributed by atoms with Gasteiger partial charge in [-0.2, -0.15) is 16.8 Å². The fraction of sp³-hybridized carbons (Fsp3) is 0.667. The summed E-state index contributed by atoms with van der Waals surface area (Å²) in [7, 11) is -8.93. The van der Waals surface area contributed by atoms with Gasteiger partial charge in [0.1, 0.15) is 10.5 Å². The summed E-state index contributed by atoms with van der Waals surface area (Å²) in [6.45, 7) is 1.65. The van der Waals surface area contributed by atoms with Crippen LogP contribution in [0.2, 0.25) is 0 Å². The molecule has 0 heterocycles. The molecule has 0 aliphatic carbocycles. The Labute approximate surface area is 160 Å². The minimum atomic E-state index is -4.46. The topological polar surface area (TPSA) is 189 Å². The molecule has 0 radical (unpaired) electrons. The summed E-state index contributed by atoms with van der Waals surface area (Å²) in [5.41, 5.74) is 0. The molecule has 10 nitrogen and oxygen atoms in total. The van der Waals surface area contributed by atoms with Crippen molar-refractivity contribution in [3.8, 4) is 0 Å². The Kier molecular flexibility index (Phi) is 16.4. The van der Waals surface area contributed by atoms with Crippen LogP contribution in [0.3, 0.4) is 0 Å². The third-order valence-corrected chi connectivity index (χ3v) is 3.73. The van der Waals surface area contributed by atoms with Crippen LogP contribution in [-0.4, -0.2) is 48.4 Å². The van der Waals surface area contributed by atoms with Crippen molar-refractivity contribution in [1.82, 2.24) is 0 Å². The molecule has 0 saturated heterocycles. The van der Waals surface area contributed by atoms with E-state index in [0.717, 1.165) is 13.8 Å². The van der Waals surface area contributed by atoms with Gasteiger partial charge >= 0.3 is 59.1 Å². The standard InChI is InChI=1S/2C3H6O5S.2Na/c2*1-2(3(4)5)9(6,7)8;;/h2*2H,1H3,(H,4,5)(H,6,7,8);;/q;;2*+1/p-2. The molecule has 0 amide bonds. The van der Waals surface area contributed by atoms with Gasteiger partial charge in [0, 0.05) is 0 Å². The Hall–Kier alpha value is 0.760. The maximum Gasteiger partial charge on any atom is 1.00 e. The number of carboxylic acids is 2. The van der Waals surface area contributed by atoms with Gasteiger partial charge in [-0.05, 0) is 13.8 Å². The number of rotatable bonds is 4. The van der Waals surface area contributed by atoms with Crippen molar-refractivity contribution in [2.75, 3.05) is 0 Å². The second-order valence-electron chi connectivity index (χ2n) is 2.95. The van der Waals surface area contributed by atoms with Crippen molar-refractivity contribution in [2.24, 2.45) is 0 Å². The molecule has 2 unspecified atom stereocenters. The quantitative estimate of drug-likeness (QED) is 0.363. The first-order valence-corrected chi connectivity index (χ1v) is 7.06. The molecule has 0 aliphatic heterocycles. The molecule has 0 spiro atoms. The smallest absolute Gasteiger partial charge is 0.549 e. The Morgan fingerprint density at radius 1 is 0.800 bits per heavy atom. The SMILES string of the molecule is CC(C(=O)[O-])S(=O)(=O)O.CC(C(=O)[O-])S(=O)(=O)O.[Na+].[Na+]. The molecule has 20 heavy (non-hydrogen) atoms. The van der Waals surface area contributed by atoms with E-state index < -0.39 is 42.7 Å². The average Bonchev–Trinajstić information content (AvgIpc) is 2.13. The molecule has 0 saturated carbocycles. The normalized spacial score (nSPS) is 13.4. The molecule has 0 aliphatic rings. The first-order chi connectivity index (χ1) is 7.71. The van der Waals surface area contributed by atoms with E-state index in [0.29, 0.717) is 0 Å². The van der Waals surface area contributed by atoms with Crippen LogP contribution in [0, 0.1) is 0 Å². The van der Waals surface area contributed by atoms with Crippen molar-refractivity contribution in [2.45, 2.75) is 24.3 Å². The number of carbonyl (C=O) groups is 2. The summed E-state index contributed by atoms with van der Waals surface area (Å²) in [6.07, 6.45) is 0. The molecule has 0 aromatic rings. The fourth-order valence-electron chi connectivity index (χ4n) is 0.243. The molecular weight excluding hydrogens is 342 g/mol. The average molecular weight is 352 g/mol. The molecule has 0 aromatic carbocycles. The van der Waals surface area contributed by atoms with Gasteiger partial charge in [-0.25, -0.2) is 0 Å². The van der Waals surface area contributed by atoms with Crippen LogP contribution in [0.4, 0.5) is 0 Å². The third-order valence-electron chi connectivity index (χ3n) is 1.56. The maximum atomic E-state index is 9.91. The van der Waals surface area contributed by atoms with Crippen LogP contribution >= 0.6 is 0 Å². The Bertz CT molecular complexity index is 462. The number of carbonyl (C=O) groups excluding carboxylic acids is 2. The zero-order valence-corrected chi connectivity index (χ0v) is 16.8. The van der Waals surface area contributed by atoms with Gasteiger partial charge in [-0.1, -0.05) is 0 Å². The molecule has 0 fully saturated rings.